The minimum atomic E-state index is -4.46. The van der Waals surface area contributed by atoms with Crippen LogP contribution in [0.1, 0.15) is 33.4 Å². The van der Waals surface area contributed by atoms with Crippen molar-refractivity contribution in [1.82, 2.24) is 4.98 Å². The number of anilines is 2. The van der Waals surface area contributed by atoms with Crippen molar-refractivity contribution in [3.05, 3.63) is 35.6 Å². The van der Waals surface area contributed by atoms with Gasteiger partial charge in [-0.1, -0.05) is 26.0 Å². The number of alkyl halides is 3. The molecule has 1 rings (SSSR count). The van der Waals surface area contributed by atoms with Crippen molar-refractivity contribution in [2.75, 3.05) is 30.4 Å². The van der Waals surface area contributed by atoms with Gasteiger partial charge in [-0.3, -0.25) is 0 Å². The number of nitrogens with two attached hydrogens (primary N) is 2. The second-order valence-electron chi connectivity index (χ2n) is 4.63. The van der Waals surface area contributed by atoms with Gasteiger partial charge in [-0.15, -0.1) is 0 Å². The molecule has 8 heteroatoms. The highest BCUT2D eigenvalue weighted by Crippen LogP contribution is 2.36. The molecule has 1 aromatic heterocycles. The van der Waals surface area contributed by atoms with Crippen LogP contribution in [0.4, 0.5) is 24.7 Å². The Labute approximate surface area is 147 Å². The fraction of sp³-hybridized carbons (Fsp3) is 0.471. The summed E-state index contributed by atoms with van der Waals surface area (Å²) in [6.45, 7) is 7.90. The van der Waals surface area contributed by atoms with Gasteiger partial charge in [0.25, 0.3) is 0 Å². The molecule has 0 radical (unpaired) electrons. The van der Waals surface area contributed by atoms with E-state index >= 15 is 0 Å². The van der Waals surface area contributed by atoms with Crippen molar-refractivity contribution >= 4 is 17.1 Å². The summed E-state index contributed by atoms with van der Waals surface area (Å²) in [4.78, 5) is 4.21. The van der Waals surface area contributed by atoms with E-state index in [4.69, 9.17) is 11.5 Å². The summed E-state index contributed by atoms with van der Waals surface area (Å²) in [6, 6.07) is 3.23. The number of allylic oxidation sites excluding steroid dienone is 4. The van der Waals surface area contributed by atoms with Gasteiger partial charge >= 0.3 is 6.18 Å². The molecular formula is C17H28F3N5. The van der Waals surface area contributed by atoms with Crippen molar-refractivity contribution < 1.29 is 13.2 Å². The number of nitrogens with one attached hydrogen (secondary N) is 2. The molecule has 1 heterocycles. The van der Waals surface area contributed by atoms with Crippen LogP contribution in [0.5, 0.6) is 0 Å². The van der Waals surface area contributed by atoms with Gasteiger partial charge in [0.15, 0.2) is 0 Å². The van der Waals surface area contributed by atoms with E-state index in [2.05, 4.69) is 15.6 Å². The molecule has 0 saturated carbocycles. The lowest BCUT2D eigenvalue weighted by Gasteiger charge is -2.17. The Bertz CT molecular complexity index is 580. The fourth-order valence-electron chi connectivity index (χ4n) is 2.10. The SMILES string of the molecule is C/C=C(\C(=C/C)C(F)(F)F)c1cc(NCCN)cc(NCN)n1.CC. The van der Waals surface area contributed by atoms with Crippen LogP contribution in [0.15, 0.2) is 29.9 Å². The molecule has 6 N–H and O–H groups in total. The molecule has 0 unspecified atom stereocenters. The van der Waals surface area contributed by atoms with Gasteiger partial charge in [0.1, 0.15) is 5.82 Å². The van der Waals surface area contributed by atoms with Crippen LogP contribution in [0.3, 0.4) is 0 Å². The molecule has 0 fully saturated rings. The van der Waals surface area contributed by atoms with E-state index in [0.29, 0.717) is 24.6 Å². The first-order valence-electron chi connectivity index (χ1n) is 8.17. The Kier molecular flexibility index (Phi) is 10.5. The maximum Gasteiger partial charge on any atom is 0.416 e. The van der Waals surface area contributed by atoms with Crippen molar-refractivity contribution in [1.29, 1.82) is 0 Å². The van der Waals surface area contributed by atoms with E-state index in [0.717, 1.165) is 6.08 Å². The Hall–Kier alpha value is -2.06. The van der Waals surface area contributed by atoms with E-state index in [1.165, 1.54) is 13.0 Å². The van der Waals surface area contributed by atoms with Crippen LogP contribution in [-0.2, 0) is 0 Å². The minimum absolute atomic E-state index is 0.0106. The van der Waals surface area contributed by atoms with Crippen LogP contribution < -0.4 is 22.1 Å². The lowest BCUT2D eigenvalue weighted by Crippen LogP contribution is -2.17. The average Bonchev–Trinajstić information content (AvgIpc) is 2.58. The number of hydrogen-bond donors (Lipinski definition) is 4. The Balaban J connectivity index is 0.00000277. The predicted octanol–water partition coefficient (Wildman–Crippen LogP) is 3.72. The lowest BCUT2D eigenvalue weighted by molar-refractivity contribution is -0.0872. The number of hydrogen-bond acceptors (Lipinski definition) is 5. The molecule has 0 saturated heterocycles. The van der Waals surface area contributed by atoms with E-state index in [1.807, 2.05) is 13.8 Å². The van der Waals surface area contributed by atoms with Gasteiger partial charge in [-0.2, -0.15) is 13.2 Å². The molecule has 0 aliphatic rings. The first-order chi connectivity index (χ1) is 11.9. The summed E-state index contributed by atoms with van der Waals surface area (Å²) in [5.41, 5.74) is 11.0. The van der Waals surface area contributed by atoms with Crippen molar-refractivity contribution in [2.24, 2.45) is 11.5 Å². The molecule has 0 aliphatic carbocycles. The molecule has 0 spiro atoms. The second kappa shape index (κ2) is 11.5. The third-order valence-electron chi connectivity index (χ3n) is 3.03. The smallest absolute Gasteiger partial charge is 0.384 e. The third-order valence-corrected chi connectivity index (χ3v) is 3.03. The largest absolute Gasteiger partial charge is 0.416 e. The van der Waals surface area contributed by atoms with Crippen LogP contribution in [-0.4, -0.2) is 30.9 Å². The van der Waals surface area contributed by atoms with Gasteiger partial charge in [0.2, 0.25) is 0 Å². The summed E-state index contributed by atoms with van der Waals surface area (Å²) in [5, 5.41) is 5.84. The first kappa shape index (κ1) is 22.9. The molecule has 0 bridgehead atoms. The predicted molar refractivity (Wildman–Crippen MR) is 99.3 cm³/mol. The van der Waals surface area contributed by atoms with Crippen molar-refractivity contribution in [3.8, 4) is 0 Å². The molecule has 0 amide bonds. The van der Waals surface area contributed by atoms with Crippen LogP contribution in [0.2, 0.25) is 0 Å². The van der Waals surface area contributed by atoms with Gasteiger partial charge < -0.3 is 22.1 Å². The topological polar surface area (TPSA) is 89.0 Å². The van der Waals surface area contributed by atoms with Crippen LogP contribution in [0.25, 0.3) is 5.57 Å². The van der Waals surface area contributed by atoms with Crippen molar-refractivity contribution in [2.45, 2.75) is 33.9 Å². The molecule has 5 nitrogen and oxygen atoms in total. The second-order valence-corrected chi connectivity index (χ2v) is 4.63. The zero-order chi connectivity index (χ0) is 19.5. The zero-order valence-electron chi connectivity index (χ0n) is 15.2. The maximum atomic E-state index is 13.2. The van der Waals surface area contributed by atoms with Gasteiger partial charge in [0.05, 0.1) is 17.9 Å². The normalized spacial score (nSPS) is 12.4. The Morgan fingerprint density at radius 3 is 2.20 bits per heavy atom. The maximum absolute atomic E-state index is 13.2. The molecule has 0 aromatic carbocycles. The third kappa shape index (κ3) is 7.15. The van der Waals surface area contributed by atoms with E-state index in [9.17, 15) is 13.2 Å². The van der Waals surface area contributed by atoms with Crippen molar-refractivity contribution in [3.63, 3.8) is 0 Å². The van der Waals surface area contributed by atoms with Crippen LogP contribution >= 0.6 is 0 Å². The number of halogens is 3. The summed E-state index contributed by atoms with van der Waals surface area (Å²) >= 11 is 0. The molecule has 0 atom stereocenters. The van der Waals surface area contributed by atoms with Gasteiger partial charge in [-0.05, 0) is 19.9 Å². The highest BCUT2D eigenvalue weighted by molar-refractivity contribution is 5.80. The van der Waals surface area contributed by atoms with E-state index < -0.39 is 11.7 Å². The summed E-state index contributed by atoms with van der Waals surface area (Å²) in [5.74, 6) is 0.390. The zero-order valence-corrected chi connectivity index (χ0v) is 15.2. The number of nitrogens with zero attached hydrogens (tertiary/aromatic N) is 1. The first-order valence-corrected chi connectivity index (χ1v) is 8.17. The Morgan fingerprint density at radius 1 is 1.12 bits per heavy atom. The average molecular weight is 359 g/mol. The highest BCUT2D eigenvalue weighted by Gasteiger charge is 2.36. The lowest BCUT2D eigenvalue weighted by atomic mass is 10.0. The summed E-state index contributed by atoms with van der Waals surface area (Å²) in [6.07, 6.45) is -2.03. The monoisotopic (exact) mass is 359 g/mol. The minimum Gasteiger partial charge on any atom is -0.384 e. The number of aromatic nitrogens is 1. The van der Waals surface area contributed by atoms with Gasteiger partial charge in [0, 0.05) is 30.4 Å². The number of pyridine rings is 1. The molecule has 142 valence electrons. The van der Waals surface area contributed by atoms with Crippen LogP contribution in [0, 0.1) is 0 Å². The van der Waals surface area contributed by atoms with Gasteiger partial charge in [-0.25, -0.2) is 4.98 Å². The Morgan fingerprint density at radius 2 is 1.76 bits per heavy atom. The van der Waals surface area contributed by atoms with E-state index in [-0.39, 0.29) is 17.9 Å². The molecular weight excluding hydrogens is 331 g/mol. The summed E-state index contributed by atoms with van der Waals surface area (Å²) < 4.78 is 39.6. The molecule has 0 aliphatic heterocycles. The standard InChI is InChI=1S/C15H22F3N5.C2H6/c1-3-11(12(4-2)15(16,17)18)13-7-10(21-6-5-19)8-14(23-13)22-9-20;1-2/h3-4,7-8H,5-6,9,19-20H2,1-2H3,(H2,21,22,23);1-2H3/b11-3+,12-4+;. The highest BCUT2D eigenvalue weighted by atomic mass is 19.4. The molecule has 1 aromatic rings. The fourth-order valence-corrected chi connectivity index (χ4v) is 2.10. The molecule has 25 heavy (non-hydrogen) atoms. The number of rotatable bonds is 7. The van der Waals surface area contributed by atoms with E-state index in [1.54, 1.807) is 19.1 Å². The summed E-state index contributed by atoms with van der Waals surface area (Å²) in [7, 11) is 0. The quantitative estimate of drug-likeness (QED) is 0.440.